The summed E-state index contributed by atoms with van der Waals surface area (Å²) in [7, 11) is 0. The minimum atomic E-state index is 0.270. The van der Waals surface area contributed by atoms with Gasteiger partial charge < -0.3 is 0 Å². The molecule has 3 nitrogen and oxygen atoms in total. The molecule has 0 bridgehead atoms. The summed E-state index contributed by atoms with van der Waals surface area (Å²) < 4.78 is 1.54. The lowest BCUT2D eigenvalue weighted by Gasteiger charge is -2.07. The summed E-state index contributed by atoms with van der Waals surface area (Å²) in [5.41, 5.74) is 5.08. The van der Waals surface area contributed by atoms with Gasteiger partial charge in [0.15, 0.2) is 0 Å². The van der Waals surface area contributed by atoms with E-state index in [0.717, 1.165) is 22.3 Å². The van der Waals surface area contributed by atoms with E-state index in [1.165, 1.54) is 4.68 Å². The minimum Gasteiger partial charge on any atom is -0.242 e. The molecule has 0 saturated heterocycles. The highest BCUT2D eigenvalue weighted by Gasteiger charge is 2.17. The molecule has 1 aromatic heterocycles. The average molecular weight is 284 g/mol. The van der Waals surface area contributed by atoms with Crippen LogP contribution in [0.3, 0.4) is 0 Å². The molecule has 0 radical (unpaired) electrons. The van der Waals surface area contributed by atoms with Crippen LogP contribution in [0.25, 0.3) is 11.3 Å². The molecule has 0 spiro atoms. The van der Waals surface area contributed by atoms with E-state index < -0.39 is 0 Å². The van der Waals surface area contributed by atoms with Gasteiger partial charge in [-0.05, 0) is 44.0 Å². The molecule has 0 aliphatic rings. The van der Waals surface area contributed by atoms with E-state index in [9.17, 15) is 5.26 Å². The number of nitriles is 1. The molecule has 0 amide bonds. The molecule has 100 valence electrons. The fourth-order valence-electron chi connectivity index (χ4n) is 2.11. The first-order chi connectivity index (χ1) is 9.49. The molecule has 2 aromatic rings. The van der Waals surface area contributed by atoms with Crippen molar-refractivity contribution in [3.8, 4) is 29.7 Å². The van der Waals surface area contributed by atoms with Gasteiger partial charge in [0.25, 0.3) is 0 Å². The number of nitrogens with zero attached hydrogens (tertiary/aromatic N) is 3. The Balaban J connectivity index is 2.69. The average Bonchev–Trinajstić information content (AvgIpc) is 2.71. The number of hydrogen-bond donors (Lipinski definition) is 0. The highest BCUT2D eigenvalue weighted by atomic mass is 35.5. The van der Waals surface area contributed by atoms with Crippen LogP contribution in [0, 0.1) is 44.4 Å². The van der Waals surface area contributed by atoms with Crippen molar-refractivity contribution in [3.05, 3.63) is 39.5 Å². The molecule has 2 rings (SSSR count). The van der Waals surface area contributed by atoms with Gasteiger partial charge in [0, 0.05) is 11.1 Å². The maximum absolute atomic E-state index is 9.24. The van der Waals surface area contributed by atoms with Crippen molar-refractivity contribution in [1.29, 1.82) is 5.26 Å². The normalized spacial score (nSPS) is 10.1. The maximum atomic E-state index is 9.24. The van der Waals surface area contributed by atoms with E-state index in [-0.39, 0.29) is 6.54 Å². The summed E-state index contributed by atoms with van der Waals surface area (Å²) in [4.78, 5) is 0. The van der Waals surface area contributed by atoms with E-state index in [1.54, 1.807) is 0 Å². The summed E-state index contributed by atoms with van der Waals surface area (Å²) in [5.74, 6) is 2.50. The molecular formula is C16H14ClN3. The molecule has 0 unspecified atom stereocenters. The zero-order valence-electron chi connectivity index (χ0n) is 11.7. The molecule has 0 N–H and O–H groups in total. The Morgan fingerprint density at radius 1 is 1.30 bits per heavy atom. The Labute approximate surface area is 123 Å². The number of halogens is 1. The predicted octanol–water partition coefficient (Wildman–Crippen LogP) is 3.63. The highest BCUT2D eigenvalue weighted by Crippen LogP contribution is 2.32. The first-order valence-corrected chi connectivity index (χ1v) is 6.55. The lowest BCUT2D eigenvalue weighted by atomic mass is 10.0. The number of rotatable bonds is 2. The monoisotopic (exact) mass is 283 g/mol. The number of benzene rings is 1. The fourth-order valence-corrected chi connectivity index (χ4v) is 2.42. The number of aryl methyl sites for hydroxylation is 2. The molecule has 0 atom stereocenters. The van der Waals surface area contributed by atoms with Gasteiger partial charge in [-0.2, -0.15) is 10.4 Å². The van der Waals surface area contributed by atoms with Gasteiger partial charge in [-0.1, -0.05) is 17.5 Å². The third kappa shape index (κ3) is 2.29. The molecule has 0 saturated carbocycles. The Hall–Kier alpha value is -2.23. The van der Waals surface area contributed by atoms with Gasteiger partial charge in [0.05, 0.1) is 10.7 Å². The zero-order chi connectivity index (χ0) is 14.9. The van der Waals surface area contributed by atoms with Gasteiger partial charge in [-0.25, -0.2) is 4.68 Å². The summed E-state index contributed by atoms with van der Waals surface area (Å²) in [5, 5.41) is 14.3. The van der Waals surface area contributed by atoms with Crippen molar-refractivity contribution >= 4 is 11.6 Å². The summed E-state index contributed by atoms with van der Waals surface area (Å²) in [6.45, 7) is 6.16. The maximum Gasteiger partial charge on any atom is 0.143 e. The van der Waals surface area contributed by atoms with E-state index in [0.29, 0.717) is 16.4 Å². The van der Waals surface area contributed by atoms with Crippen molar-refractivity contribution in [2.45, 2.75) is 27.3 Å². The molecular weight excluding hydrogens is 270 g/mol. The largest absolute Gasteiger partial charge is 0.242 e. The Morgan fingerprint density at radius 3 is 2.55 bits per heavy atom. The second kappa shape index (κ2) is 5.41. The Bertz CT molecular complexity index is 757. The van der Waals surface area contributed by atoms with Crippen LogP contribution >= 0.6 is 11.6 Å². The van der Waals surface area contributed by atoms with E-state index in [1.807, 2.05) is 32.9 Å². The van der Waals surface area contributed by atoms with Crippen molar-refractivity contribution in [3.63, 3.8) is 0 Å². The van der Waals surface area contributed by atoms with Gasteiger partial charge >= 0.3 is 0 Å². The lowest BCUT2D eigenvalue weighted by molar-refractivity contribution is 0.707. The van der Waals surface area contributed by atoms with E-state index in [2.05, 4.69) is 17.1 Å². The molecule has 0 aliphatic carbocycles. The number of aromatic nitrogens is 2. The van der Waals surface area contributed by atoms with Crippen LogP contribution in [-0.2, 0) is 6.54 Å². The third-order valence-corrected chi connectivity index (χ3v) is 3.69. The Kier molecular flexibility index (Phi) is 3.84. The molecule has 4 heteroatoms. The number of terminal acetylenes is 1. The van der Waals surface area contributed by atoms with Crippen LogP contribution in [-0.4, -0.2) is 9.78 Å². The predicted molar refractivity (Wildman–Crippen MR) is 80.4 cm³/mol. The van der Waals surface area contributed by atoms with E-state index in [4.69, 9.17) is 18.0 Å². The fraction of sp³-hybridized carbons (Fsp3) is 0.250. The topological polar surface area (TPSA) is 41.6 Å². The second-order valence-electron chi connectivity index (χ2n) is 4.71. The molecule has 1 aromatic carbocycles. The Morgan fingerprint density at radius 2 is 1.95 bits per heavy atom. The van der Waals surface area contributed by atoms with E-state index >= 15 is 0 Å². The van der Waals surface area contributed by atoms with Crippen LogP contribution in [0.1, 0.15) is 22.4 Å². The number of hydrogen-bond acceptors (Lipinski definition) is 2. The quantitative estimate of drug-likeness (QED) is 0.790. The van der Waals surface area contributed by atoms with Gasteiger partial charge in [0.2, 0.25) is 0 Å². The second-order valence-corrected chi connectivity index (χ2v) is 5.12. The smallest absolute Gasteiger partial charge is 0.143 e. The zero-order valence-corrected chi connectivity index (χ0v) is 12.4. The van der Waals surface area contributed by atoms with Crippen LogP contribution in [0.4, 0.5) is 0 Å². The molecule has 0 fully saturated rings. The van der Waals surface area contributed by atoms with Crippen molar-refractivity contribution < 1.29 is 0 Å². The SMILES string of the molecule is C#CCn1nc(-c2cc(C)c(C)cc2Cl)c(C)c1C#N. The lowest BCUT2D eigenvalue weighted by Crippen LogP contribution is -2.01. The van der Waals surface area contributed by atoms with Gasteiger partial charge in [0.1, 0.15) is 18.3 Å². The summed E-state index contributed by atoms with van der Waals surface area (Å²) in [6, 6.07) is 6.06. The first kappa shape index (κ1) is 14.2. The van der Waals surface area contributed by atoms with Crippen LogP contribution < -0.4 is 0 Å². The summed E-state index contributed by atoms with van der Waals surface area (Å²) in [6.07, 6.45) is 5.31. The highest BCUT2D eigenvalue weighted by molar-refractivity contribution is 6.33. The third-order valence-electron chi connectivity index (χ3n) is 3.37. The minimum absolute atomic E-state index is 0.270. The molecule has 20 heavy (non-hydrogen) atoms. The van der Waals surface area contributed by atoms with Crippen molar-refractivity contribution in [2.24, 2.45) is 0 Å². The van der Waals surface area contributed by atoms with Crippen LogP contribution in [0.2, 0.25) is 5.02 Å². The standard InChI is InChI=1S/C16H14ClN3/c1-5-6-20-15(9-18)12(4)16(19-20)13-7-10(2)11(3)8-14(13)17/h1,7-8H,6H2,2-4H3. The molecule has 0 aliphatic heterocycles. The summed E-state index contributed by atoms with van der Waals surface area (Å²) >= 11 is 6.32. The van der Waals surface area contributed by atoms with Crippen LogP contribution in [0.15, 0.2) is 12.1 Å². The van der Waals surface area contributed by atoms with Gasteiger partial charge in [-0.3, -0.25) is 0 Å². The van der Waals surface area contributed by atoms with Crippen LogP contribution in [0.5, 0.6) is 0 Å². The van der Waals surface area contributed by atoms with Crippen molar-refractivity contribution in [1.82, 2.24) is 9.78 Å². The van der Waals surface area contributed by atoms with Gasteiger partial charge in [-0.15, -0.1) is 6.42 Å². The first-order valence-electron chi connectivity index (χ1n) is 6.17. The molecule has 1 heterocycles. The van der Waals surface area contributed by atoms with Crippen molar-refractivity contribution in [2.75, 3.05) is 0 Å².